The summed E-state index contributed by atoms with van der Waals surface area (Å²) in [4.78, 5) is 4.20. The quantitative estimate of drug-likeness (QED) is 0.384. The van der Waals surface area contributed by atoms with Crippen LogP contribution in [0.5, 0.6) is 5.75 Å². The Labute approximate surface area is 184 Å². The fourth-order valence-electron chi connectivity index (χ4n) is 4.51. The van der Waals surface area contributed by atoms with E-state index in [-0.39, 0.29) is 5.75 Å². The predicted molar refractivity (Wildman–Crippen MR) is 120 cm³/mol. The molecule has 0 spiro atoms. The van der Waals surface area contributed by atoms with Crippen molar-refractivity contribution in [2.75, 3.05) is 0 Å². The summed E-state index contributed by atoms with van der Waals surface area (Å²) in [5, 5.41) is 23.8. The SMILES string of the molecule is CC(C)(CC(O)(Cc1ccnc2ccccc12)C(F)(F)F)c1ccc2ccccc2c1O. The van der Waals surface area contributed by atoms with E-state index in [1.165, 1.54) is 12.3 Å². The number of rotatable bonds is 5. The predicted octanol–water partition coefficient (Wildman–Crippen LogP) is 6.30. The summed E-state index contributed by atoms with van der Waals surface area (Å²) >= 11 is 0. The lowest BCUT2D eigenvalue weighted by Gasteiger charge is -2.38. The fourth-order valence-corrected chi connectivity index (χ4v) is 4.51. The first-order valence-electron chi connectivity index (χ1n) is 10.3. The van der Waals surface area contributed by atoms with Crippen LogP contribution in [-0.2, 0) is 11.8 Å². The number of para-hydroxylation sites is 1. The first-order valence-corrected chi connectivity index (χ1v) is 10.3. The molecule has 0 aliphatic heterocycles. The molecule has 32 heavy (non-hydrogen) atoms. The van der Waals surface area contributed by atoms with E-state index >= 15 is 0 Å². The normalized spacial score (nSPS) is 14.6. The minimum absolute atomic E-state index is 0.0630. The molecule has 4 rings (SSSR count). The van der Waals surface area contributed by atoms with Crippen LogP contribution in [0.15, 0.2) is 72.9 Å². The van der Waals surface area contributed by atoms with Gasteiger partial charge in [-0.1, -0.05) is 68.4 Å². The van der Waals surface area contributed by atoms with Gasteiger partial charge in [-0.25, -0.2) is 0 Å². The van der Waals surface area contributed by atoms with Crippen molar-refractivity contribution in [3.63, 3.8) is 0 Å². The number of hydrogen-bond acceptors (Lipinski definition) is 3. The van der Waals surface area contributed by atoms with Gasteiger partial charge >= 0.3 is 6.18 Å². The zero-order valence-electron chi connectivity index (χ0n) is 17.8. The molecule has 1 heterocycles. The van der Waals surface area contributed by atoms with Crippen LogP contribution in [0.2, 0.25) is 0 Å². The second kappa shape index (κ2) is 7.78. The molecular formula is C26H24F3NO2. The summed E-state index contributed by atoms with van der Waals surface area (Å²) in [7, 11) is 0. The van der Waals surface area contributed by atoms with Crippen molar-refractivity contribution in [2.45, 2.75) is 43.9 Å². The minimum atomic E-state index is -4.87. The zero-order chi connectivity index (χ0) is 23.1. The lowest BCUT2D eigenvalue weighted by atomic mass is 9.72. The molecule has 0 fully saturated rings. The van der Waals surface area contributed by atoms with Crippen LogP contribution in [0, 0.1) is 0 Å². The number of hydrogen-bond donors (Lipinski definition) is 2. The number of benzene rings is 3. The molecule has 1 aromatic heterocycles. The lowest BCUT2D eigenvalue weighted by molar-refractivity contribution is -0.266. The van der Waals surface area contributed by atoms with E-state index < -0.39 is 30.0 Å². The van der Waals surface area contributed by atoms with Gasteiger partial charge in [0.25, 0.3) is 0 Å². The van der Waals surface area contributed by atoms with Crippen LogP contribution < -0.4 is 0 Å². The van der Waals surface area contributed by atoms with Gasteiger partial charge < -0.3 is 10.2 Å². The molecule has 166 valence electrons. The van der Waals surface area contributed by atoms with Gasteiger partial charge in [-0.05, 0) is 34.9 Å². The number of pyridine rings is 1. The van der Waals surface area contributed by atoms with Gasteiger partial charge in [0, 0.05) is 29.0 Å². The molecular weight excluding hydrogens is 415 g/mol. The molecule has 0 saturated heterocycles. The smallest absolute Gasteiger partial charge is 0.417 e. The summed E-state index contributed by atoms with van der Waals surface area (Å²) in [6.45, 7) is 3.22. The third-order valence-electron chi connectivity index (χ3n) is 6.11. The highest BCUT2D eigenvalue weighted by Gasteiger charge is 2.56. The molecule has 1 unspecified atom stereocenters. The van der Waals surface area contributed by atoms with Crippen molar-refractivity contribution < 1.29 is 23.4 Å². The Morgan fingerprint density at radius 2 is 1.50 bits per heavy atom. The largest absolute Gasteiger partial charge is 0.507 e. The number of alkyl halides is 3. The number of halogens is 3. The fraction of sp³-hybridized carbons (Fsp3) is 0.269. The van der Waals surface area contributed by atoms with Gasteiger partial charge in [-0.2, -0.15) is 13.2 Å². The van der Waals surface area contributed by atoms with Crippen molar-refractivity contribution >= 4 is 21.7 Å². The van der Waals surface area contributed by atoms with Gasteiger partial charge in [-0.3, -0.25) is 4.98 Å². The van der Waals surface area contributed by atoms with Gasteiger partial charge in [0.05, 0.1) is 5.52 Å². The topological polar surface area (TPSA) is 53.4 Å². The van der Waals surface area contributed by atoms with E-state index in [2.05, 4.69) is 4.98 Å². The third kappa shape index (κ3) is 3.91. The molecule has 4 aromatic rings. The number of phenolic OH excluding ortho intramolecular Hbond substituents is 1. The molecule has 0 aliphatic rings. The molecule has 2 N–H and O–H groups in total. The number of phenols is 1. The van der Waals surface area contributed by atoms with Gasteiger partial charge in [0.15, 0.2) is 5.60 Å². The molecule has 0 aliphatic carbocycles. The van der Waals surface area contributed by atoms with Gasteiger partial charge in [0.2, 0.25) is 0 Å². The number of aromatic hydroxyl groups is 1. The van der Waals surface area contributed by atoms with Crippen LogP contribution in [0.25, 0.3) is 21.7 Å². The van der Waals surface area contributed by atoms with Crippen LogP contribution in [-0.4, -0.2) is 27.0 Å². The maximum absolute atomic E-state index is 14.3. The molecule has 6 heteroatoms. The highest BCUT2D eigenvalue weighted by Crippen LogP contribution is 2.46. The monoisotopic (exact) mass is 439 g/mol. The average molecular weight is 439 g/mol. The van der Waals surface area contributed by atoms with Gasteiger partial charge in [0.1, 0.15) is 5.75 Å². The number of aromatic nitrogens is 1. The Morgan fingerprint density at radius 3 is 2.22 bits per heavy atom. The number of aliphatic hydroxyl groups is 1. The molecule has 1 atom stereocenters. The van der Waals surface area contributed by atoms with Crippen LogP contribution in [0.1, 0.15) is 31.4 Å². The Bertz CT molecular complexity index is 1280. The highest BCUT2D eigenvalue weighted by molar-refractivity contribution is 5.89. The van der Waals surface area contributed by atoms with E-state index in [9.17, 15) is 23.4 Å². The van der Waals surface area contributed by atoms with Crippen LogP contribution >= 0.6 is 0 Å². The van der Waals surface area contributed by atoms with E-state index in [1.54, 1.807) is 62.4 Å². The maximum Gasteiger partial charge on any atom is 0.417 e. The zero-order valence-corrected chi connectivity index (χ0v) is 17.8. The molecule has 0 amide bonds. The average Bonchev–Trinajstić information content (AvgIpc) is 2.73. The Hall–Kier alpha value is -3.12. The molecule has 3 aromatic carbocycles. The van der Waals surface area contributed by atoms with Crippen LogP contribution in [0.3, 0.4) is 0 Å². The van der Waals surface area contributed by atoms with Gasteiger partial charge in [-0.15, -0.1) is 0 Å². The summed E-state index contributed by atoms with van der Waals surface area (Å²) in [5.74, 6) is -0.0630. The summed E-state index contributed by atoms with van der Waals surface area (Å²) in [6, 6.07) is 19.0. The van der Waals surface area contributed by atoms with Crippen molar-refractivity contribution in [1.29, 1.82) is 0 Å². The lowest BCUT2D eigenvalue weighted by Crippen LogP contribution is -2.50. The second-order valence-corrected chi connectivity index (χ2v) is 8.94. The van der Waals surface area contributed by atoms with E-state index in [0.717, 1.165) is 5.39 Å². The first-order chi connectivity index (χ1) is 15.0. The maximum atomic E-state index is 14.3. The number of nitrogens with zero attached hydrogens (tertiary/aromatic N) is 1. The molecule has 3 nitrogen and oxygen atoms in total. The molecule has 0 saturated carbocycles. The first kappa shape index (κ1) is 22.1. The van der Waals surface area contributed by atoms with Crippen molar-refractivity contribution in [3.05, 3.63) is 84.1 Å². The summed E-state index contributed by atoms with van der Waals surface area (Å²) in [5.41, 5.74) is -2.87. The standard InChI is InChI=1S/C26H24F3NO2/c1-24(2,21-12-11-17-7-3-4-9-20(17)23(21)31)16-25(32,26(27,28)29)15-18-13-14-30-22-10-6-5-8-19(18)22/h3-14,31-32H,15-16H2,1-2H3. The summed E-state index contributed by atoms with van der Waals surface area (Å²) < 4.78 is 42.8. The van der Waals surface area contributed by atoms with Crippen molar-refractivity contribution in [2.24, 2.45) is 0 Å². The van der Waals surface area contributed by atoms with E-state index in [0.29, 0.717) is 27.4 Å². The summed E-state index contributed by atoms with van der Waals surface area (Å²) in [6.07, 6.45) is -4.65. The molecule has 0 bridgehead atoms. The van der Waals surface area contributed by atoms with E-state index in [1.807, 2.05) is 12.1 Å². The Kier molecular flexibility index (Phi) is 5.37. The van der Waals surface area contributed by atoms with Crippen LogP contribution in [0.4, 0.5) is 13.2 Å². The minimum Gasteiger partial charge on any atom is -0.507 e. The third-order valence-corrected chi connectivity index (χ3v) is 6.11. The van der Waals surface area contributed by atoms with Crippen molar-refractivity contribution in [3.8, 4) is 5.75 Å². The number of fused-ring (bicyclic) bond motifs is 2. The van der Waals surface area contributed by atoms with Crippen molar-refractivity contribution in [1.82, 2.24) is 4.98 Å². The Morgan fingerprint density at radius 1 is 0.844 bits per heavy atom. The highest BCUT2D eigenvalue weighted by atomic mass is 19.4. The second-order valence-electron chi connectivity index (χ2n) is 8.94. The molecule has 0 radical (unpaired) electrons. The van der Waals surface area contributed by atoms with E-state index in [4.69, 9.17) is 0 Å². The Balaban J connectivity index is 1.76.